The van der Waals surface area contributed by atoms with E-state index in [4.69, 9.17) is 0 Å². The number of hydrogen-bond acceptors (Lipinski definition) is 4. The van der Waals surface area contributed by atoms with Gasteiger partial charge in [-0.15, -0.1) is 0 Å². The molecule has 0 unspecified atom stereocenters. The molecule has 3 N–H and O–H groups in total. The lowest BCUT2D eigenvalue weighted by Crippen LogP contribution is -2.42. The topological polar surface area (TPSA) is 70.3 Å². The molecule has 34 heavy (non-hydrogen) atoms. The van der Waals surface area contributed by atoms with E-state index < -0.39 is 18.6 Å². The first-order valence-electron chi connectivity index (χ1n) is 11.5. The number of aliphatic hydroxyl groups is 2. The maximum atomic E-state index is 12.3. The minimum Gasteiger partial charge on any atom is -0.393 e. The Hall–Kier alpha value is -3.05. The highest BCUT2D eigenvalue weighted by Gasteiger charge is 2.30. The molecule has 0 spiro atoms. The molecule has 1 saturated carbocycles. The molecule has 2 atom stereocenters. The number of rotatable bonds is 8. The predicted molar refractivity (Wildman–Crippen MR) is 128 cm³/mol. The first-order valence-corrected chi connectivity index (χ1v) is 11.5. The summed E-state index contributed by atoms with van der Waals surface area (Å²) in [6, 6.07) is 16.0. The highest BCUT2D eigenvalue weighted by molar-refractivity contribution is 5.64. The summed E-state index contributed by atoms with van der Waals surface area (Å²) in [6.07, 6.45) is 2.03. The van der Waals surface area contributed by atoms with Gasteiger partial charge in [0.25, 0.3) is 6.43 Å². The lowest BCUT2D eigenvalue weighted by atomic mass is 9.75. The van der Waals surface area contributed by atoms with Crippen molar-refractivity contribution in [3.8, 4) is 23.0 Å². The fourth-order valence-electron chi connectivity index (χ4n) is 4.29. The SMILES string of the molecule is C[C@H](O)c1nccn1[C@@H](C#Cc1ccc(-c2ccc(C3CC(NCC(F)F)C3)cc2)cc1)CO. The molecular weight excluding hydrogens is 436 g/mol. The number of benzene rings is 2. The second kappa shape index (κ2) is 10.9. The summed E-state index contributed by atoms with van der Waals surface area (Å²) in [4.78, 5) is 4.13. The summed E-state index contributed by atoms with van der Waals surface area (Å²) in [6.45, 7) is 1.21. The number of alkyl halides is 2. The van der Waals surface area contributed by atoms with Crippen LogP contribution in [-0.2, 0) is 0 Å². The van der Waals surface area contributed by atoms with Gasteiger partial charge in [-0.1, -0.05) is 48.2 Å². The van der Waals surface area contributed by atoms with Crippen LogP contribution in [0.2, 0.25) is 0 Å². The van der Waals surface area contributed by atoms with Crippen molar-refractivity contribution in [2.45, 2.75) is 50.3 Å². The summed E-state index contributed by atoms with van der Waals surface area (Å²) >= 11 is 0. The molecule has 4 rings (SSSR count). The van der Waals surface area contributed by atoms with Gasteiger partial charge in [0.2, 0.25) is 0 Å². The Balaban J connectivity index is 1.37. The van der Waals surface area contributed by atoms with Crippen LogP contribution >= 0.6 is 0 Å². The third-order valence-corrected chi connectivity index (χ3v) is 6.26. The van der Waals surface area contributed by atoms with Gasteiger partial charge >= 0.3 is 0 Å². The van der Waals surface area contributed by atoms with Crippen LogP contribution < -0.4 is 5.32 Å². The van der Waals surface area contributed by atoms with Gasteiger partial charge in [0.05, 0.1) is 13.2 Å². The Bertz CT molecular complexity index is 1130. The van der Waals surface area contributed by atoms with E-state index in [0.717, 1.165) is 29.5 Å². The lowest BCUT2D eigenvalue weighted by Gasteiger charge is -2.36. The lowest BCUT2D eigenvalue weighted by molar-refractivity contribution is 0.131. The highest BCUT2D eigenvalue weighted by Crippen LogP contribution is 2.37. The molecule has 0 amide bonds. The van der Waals surface area contributed by atoms with Crippen molar-refractivity contribution >= 4 is 0 Å². The maximum Gasteiger partial charge on any atom is 0.250 e. The smallest absolute Gasteiger partial charge is 0.250 e. The molecule has 0 bridgehead atoms. The summed E-state index contributed by atoms with van der Waals surface area (Å²) in [5.74, 6) is 7.04. The number of nitrogens with zero attached hydrogens (tertiary/aromatic N) is 2. The van der Waals surface area contributed by atoms with Crippen LogP contribution in [0.15, 0.2) is 60.9 Å². The van der Waals surface area contributed by atoms with Crippen LogP contribution in [0.5, 0.6) is 0 Å². The van der Waals surface area contributed by atoms with Crippen molar-refractivity contribution in [3.05, 3.63) is 77.9 Å². The second-order valence-electron chi connectivity index (χ2n) is 8.70. The standard InChI is InChI=1S/C27H29F2N3O2/c1-18(34)27-30-12-13-32(27)25(17-33)11-4-19-2-5-20(6-3-19)21-7-9-22(10-8-21)23-14-24(15-23)31-16-26(28)29/h2-3,5-10,12-13,18,23-26,31,33-34H,14-17H2,1H3/t18-,23?,24?,25-/m0/s1. The Kier molecular flexibility index (Phi) is 7.73. The van der Waals surface area contributed by atoms with E-state index in [0.29, 0.717) is 11.7 Å². The Morgan fingerprint density at radius 2 is 1.74 bits per heavy atom. The van der Waals surface area contributed by atoms with Gasteiger partial charge < -0.3 is 20.1 Å². The average Bonchev–Trinajstić information content (AvgIpc) is 3.29. The van der Waals surface area contributed by atoms with Crippen molar-refractivity contribution < 1.29 is 19.0 Å². The van der Waals surface area contributed by atoms with Gasteiger partial charge in [-0.25, -0.2) is 13.8 Å². The Labute approximate surface area is 198 Å². The highest BCUT2D eigenvalue weighted by atomic mass is 19.3. The molecule has 0 aliphatic heterocycles. The molecule has 178 valence electrons. The molecule has 3 aromatic rings. The Morgan fingerprint density at radius 1 is 1.09 bits per heavy atom. The molecule has 1 aliphatic rings. The summed E-state index contributed by atoms with van der Waals surface area (Å²) in [5.41, 5.74) is 4.25. The molecule has 1 heterocycles. The van der Waals surface area contributed by atoms with E-state index in [1.807, 2.05) is 24.3 Å². The Morgan fingerprint density at radius 3 is 2.32 bits per heavy atom. The average molecular weight is 466 g/mol. The number of imidazole rings is 1. The molecule has 1 aliphatic carbocycles. The van der Waals surface area contributed by atoms with E-state index in [9.17, 15) is 19.0 Å². The molecule has 1 aromatic heterocycles. The van der Waals surface area contributed by atoms with Crippen molar-refractivity contribution in [3.63, 3.8) is 0 Å². The first-order chi connectivity index (χ1) is 16.4. The van der Waals surface area contributed by atoms with Crippen molar-refractivity contribution in [2.24, 2.45) is 0 Å². The van der Waals surface area contributed by atoms with Gasteiger partial charge in [-0.05, 0) is 54.5 Å². The number of aromatic nitrogens is 2. The number of aliphatic hydroxyl groups excluding tert-OH is 2. The number of hydrogen-bond donors (Lipinski definition) is 3. The molecule has 0 radical (unpaired) electrons. The molecular formula is C27H29F2N3O2. The molecule has 1 fully saturated rings. The normalized spacial score (nSPS) is 19.2. The number of nitrogens with one attached hydrogen (secondary N) is 1. The molecule has 5 nitrogen and oxygen atoms in total. The van der Waals surface area contributed by atoms with Crippen LogP contribution in [0.3, 0.4) is 0 Å². The molecule has 7 heteroatoms. The van der Waals surface area contributed by atoms with Gasteiger partial charge in [0.1, 0.15) is 18.0 Å². The first kappa shape index (κ1) is 24.1. The molecule has 0 saturated heterocycles. The van der Waals surface area contributed by atoms with Crippen LogP contribution in [-0.4, -0.2) is 45.4 Å². The summed E-state index contributed by atoms with van der Waals surface area (Å²) in [5, 5.41) is 22.5. The van der Waals surface area contributed by atoms with Crippen LogP contribution in [0, 0.1) is 11.8 Å². The maximum absolute atomic E-state index is 12.3. The van der Waals surface area contributed by atoms with Crippen molar-refractivity contribution in [1.82, 2.24) is 14.9 Å². The van der Waals surface area contributed by atoms with E-state index in [-0.39, 0.29) is 19.2 Å². The fraction of sp³-hybridized carbons (Fsp3) is 0.370. The molecule has 2 aromatic carbocycles. The van der Waals surface area contributed by atoms with Crippen LogP contribution in [0.25, 0.3) is 11.1 Å². The quantitative estimate of drug-likeness (QED) is 0.434. The fourth-order valence-corrected chi connectivity index (χ4v) is 4.29. The minimum atomic E-state index is -2.30. The van der Waals surface area contributed by atoms with Gasteiger partial charge in [0.15, 0.2) is 0 Å². The third kappa shape index (κ3) is 5.71. The predicted octanol–water partition coefficient (Wildman–Crippen LogP) is 4.29. The second-order valence-corrected chi connectivity index (χ2v) is 8.70. The van der Waals surface area contributed by atoms with Crippen molar-refractivity contribution in [2.75, 3.05) is 13.2 Å². The van der Waals surface area contributed by atoms with Gasteiger partial charge in [0, 0.05) is 24.0 Å². The van der Waals surface area contributed by atoms with E-state index in [1.54, 1.807) is 23.9 Å². The summed E-state index contributed by atoms with van der Waals surface area (Å²) in [7, 11) is 0. The van der Waals surface area contributed by atoms with Crippen LogP contribution in [0.4, 0.5) is 8.78 Å². The third-order valence-electron chi connectivity index (χ3n) is 6.26. The number of halogens is 2. The van der Waals surface area contributed by atoms with E-state index in [2.05, 4.69) is 46.4 Å². The minimum absolute atomic E-state index is 0.183. The summed E-state index contributed by atoms with van der Waals surface area (Å²) < 4.78 is 26.3. The van der Waals surface area contributed by atoms with E-state index >= 15 is 0 Å². The van der Waals surface area contributed by atoms with Crippen LogP contribution in [0.1, 0.15) is 54.8 Å². The zero-order valence-corrected chi connectivity index (χ0v) is 19.0. The monoisotopic (exact) mass is 465 g/mol. The zero-order chi connectivity index (χ0) is 24.1. The van der Waals surface area contributed by atoms with E-state index in [1.165, 1.54) is 5.56 Å². The van der Waals surface area contributed by atoms with Gasteiger partial charge in [-0.3, -0.25) is 0 Å². The van der Waals surface area contributed by atoms with Gasteiger partial charge in [-0.2, -0.15) is 0 Å². The zero-order valence-electron chi connectivity index (χ0n) is 19.0. The largest absolute Gasteiger partial charge is 0.393 e. The van der Waals surface area contributed by atoms with Crippen molar-refractivity contribution in [1.29, 1.82) is 0 Å².